The van der Waals surface area contributed by atoms with Crippen molar-refractivity contribution in [3.8, 4) is 0 Å². The van der Waals surface area contributed by atoms with Gasteiger partial charge in [-0.15, -0.1) is 0 Å². The second-order valence-corrected chi connectivity index (χ2v) is 8.80. The molecule has 8 heteroatoms. The van der Waals surface area contributed by atoms with Gasteiger partial charge in [0.05, 0.1) is 12.8 Å². The molecule has 1 unspecified atom stereocenters. The van der Waals surface area contributed by atoms with Gasteiger partial charge >= 0.3 is 0 Å². The zero-order valence-corrected chi connectivity index (χ0v) is 15.9. The molecule has 0 aromatic heterocycles. The highest BCUT2D eigenvalue weighted by molar-refractivity contribution is 7.88. The highest BCUT2D eigenvalue weighted by Crippen LogP contribution is 2.26. The summed E-state index contributed by atoms with van der Waals surface area (Å²) < 4.78 is 24.6. The van der Waals surface area contributed by atoms with Gasteiger partial charge in [-0.05, 0) is 32.1 Å². The van der Waals surface area contributed by atoms with E-state index >= 15 is 0 Å². The lowest BCUT2D eigenvalue weighted by Gasteiger charge is -2.21. The van der Waals surface area contributed by atoms with Gasteiger partial charge in [-0.2, -0.15) is 0 Å². The molecular formula is C16H33N5O2S. The maximum absolute atomic E-state index is 11.1. The molecule has 0 aromatic rings. The van der Waals surface area contributed by atoms with Crippen molar-refractivity contribution in [3.63, 3.8) is 0 Å². The van der Waals surface area contributed by atoms with Crippen LogP contribution >= 0.6 is 0 Å². The highest BCUT2D eigenvalue weighted by atomic mass is 32.2. The molecule has 2 aliphatic rings. The second-order valence-electron chi connectivity index (χ2n) is 6.97. The van der Waals surface area contributed by atoms with Gasteiger partial charge in [0, 0.05) is 38.8 Å². The largest absolute Gasteiger partial charge is 0.357 e. The summed E-state index contributed by atoms with van der Waals surface area (Å²) in [5.41, 5.74) is 0. The third kappa shape index (κ3) is 7.36. The van der Waals surface area contributed by atoms with Crippen LogP contribution in [0.15, 0.2) is 4.99 Å². The SMILES string of the molecule is CCNC(=NCCNS(C)(=O)=O)NC1CCN(CC2CCCC2)C1. The molecule has 1 saturated heterocycles. The van der Waals surface area contributed by atoms with Gasteiger partial charge in [-0.1, -0.05) is 12.8 Å². The molecule has 7 nitrogen and oxygen atoms in total. The number of likely N-dealkylation sites (tertiary alicyclic amines) is 1. The Hall–Kier alpha value is -0.860. The van der Waals surface area contributed by atoms with E-state index in [1.165, 1.54) is 32.2 Å². The number of aliphatic imine (C=N–C) groups is 1. The first-order valence-corrected chi connectivity index (χ1v) is 11.1. The minimum absolute atomic E-state index is 0.327. The summed E-state index contributed by atoms with van der Waals surface area (Å²) in [5.74, 6) is 1.67. The van der Waals surface area contributed by atoms with Gasteiger partial charge in [0.15, 0.2) is 5.96 Å². The van der Waals surface area contributed by atoms with E-state index in [-0.39, 0.29) is 0 Å². The Bertz CT molecular complexity index is 503. The number of rotatable bonds is 8. The van der Waals surface area contributed by atoms with Gasteiger partial charge < -0.3 is 15.5 Å². The van der Waals surface area contributed by atoms with Crippen molar-refractivity contribution in [3.05, 3.63) is 0 Å². The number of nitrogens with one attached hydrogen (secondary N) is 3. The van der Waals surface area contributed by atoms with Gasteiger partial charge in [-0.3, -0.25) is 4.99 Å². The lowest BCUT2D eigenvalue weighted by molar-refractivity contribution is 0.275. The molecule has 1 atom stereocenters. The Balaban J connectivity index is 1.73. The topological polar surface area (TPSA) is 85.8 Å². The van der Waals surface area contributed by atoms with Crippen molar-refractivity contribution in [2.75, 3.05) is 45.5 Å². The molecule has 1 aliphatic carbocycles. The van der Waals surface area contributed by atoms with Gasteiger partial charge in [0.25, 0.3) is 0 Å². The van der Waals surface area contributed by atoms with Crippen LogP contribution in [0.4, 0.5) is 0 Å². The zero-order valence-electron chi connectivity index (χ0n) is 15.1. The fraction of sp³-hybridized carbons (Fsp3) is 0.938. The summed E-state index contributed by atoms with van der Waals surface area (Å²) in [6.45, 7) is 7.06. The molecule has 0 radical (unpaired) electrons. The molecule has 1 saturated carbocycles. The predicted octanol–water partition coefficient (Wildman–Crippen LogP) is 0.355. The average Bonchev–Trinajstić information content (AvgIpc) is 3.15. The number of hydrogen-bond acceptors (Lipinski definition) is 4. The second kappa shape index (κ2) is 9.58. The first-order valence-electron chi connectivity index (χ1n) is 9.18. The van der Waals surface area contributed by atoms with Crippen LogP contribution in [0.5, 0.6) is 0 Å². The Morgan fingerprint density at radius 2 is 2.00 bits per heavy atom. The number of nitrogens with zero attached hydrogens (tertiary/aromatic N) is 2. The van der Waals surface area contributed by atoms with Crippen molar-refractivity contribution in [1.29, 1.82) is 0 Å². The van der Waals surface area contributed by atoms with E-state index < -0.39 is 10.0 Å². The number of guanidine groups is 1. The third-order valence-electron chi connectivity index (χ3n) is 4.69. The van der Waals surface area contributed by atoms with Gasteiger partial charge in [-0.25, -0.2) is 13.1 Å². The lowest BCUT2D eigenvalue weighted by Crippen LogP contribution is -2.45. The first kappa shape index (κ1) is 19.5. The van der Waals surface area contributed by atoms with E-state index in [4.69, 9.17) is 0 Å². The Labute approximate surface area is 146 Å². The van der Waals surface area contributed by atoms with E-state index in [2.05, 4.69) is 25.2 Å². The molecule has 2 rings (SSSR count). The zero-order chi connectivity index (χ0) is 17.4. The van der Waals surface area contributed by atoms with Crippen LogP contribution in [0, 0.1) is 5.92 Å². The van der Waals surface area contributed by atoms with E-state index in [9.17, 15) is 8.42 Å². The molecule has 0 aromatic carbocycles. The van der Waals surface area contributed by atoms with Crippen molar-refractivity contribution >= 4 is 16.0 Å². The summed E-state index contributed by atoms with van der Waals surface area (Å²) >= 11 is 0. The van der Waals surface area contributed by atoms with E-state index in [1.807, 2.05) is 6.92 Å². The predicted molar refractivity (Wildman–Crippen MR) is 98.8 cm³/mol. The van der Waals surface area contributed by atoms with E-state index in [0.717, 1.165) is 44.2 Å². The minimum Gasteiger partial charge on any atom is -0.357 e. The van der Waals surface area contributed by atoms with Crippen molar-refractivity contribution in [2.24, 2.45) is 10.9 Å². The van der Waals surface area contributed by atoms with E-state index in [0.29, 0.717) is 19.1 Å². The Morgan fingerprint density at radius 1 is 1.25 bits per heavy atom. The fourth-order valence-electron chi connectivity index (χ4n) is 3.59. The van der Waals surface area contributed by atoms with Crippen molar-refractivity contribution in [2.45, 2.75) is 45.1 Å². The minimum atomic E-state index is -3.14. The first-order chi connectivity index (χ1) is 11.5. The maximum atomic E-state index is 11.1. The number of sulfonamides is 1. The van der Waals surface area contributed by atoms with Crippen LogP contribution in [-0.4, -0.2) is 70.8 Å². The summed E-state index contributed by atoms with van der Waals surface area (Å²) in [6.07, 6.45) is 7.90. The van der Waals surface area contributed by atoms with Crippen molar-refractivity contribution < 1.29 is 8.42 Å². The van der Waals surface area contributed by atoms with Crippen LogP contribution in [0.1, 0.15) is 39.0 Å². The van der Waals surface area contributed by atoms with Crippen LogP contribution in [0.3, 0.4) is 0 Å². The molecular weight excluding hydrogens is 326 g/mol. The fourth-order valence-corrected chi connectivity index (χ4v) is 4.05. The molecule has 0 spiro atoms. The Morgan fingerprint density at radius 3 is 2.67 bits per heavy atom. The summed E-state index contributed by atoms with van der Waals surface area (Å²) in [7, 11) is -3.14. The molecule has 140 valence electrons. The molecule has 0 bridgehead atoms. The van der Waals surface area contributed by atoms with Crippen LogP contribution < -0.4 is 15.4 Å². The van der Waals surface area contributed by atoms with Crippen LogP contribution in [0.2, 0.25) is 0 Å². The molecule has 2 fully saturated rings. The monoisotopic (exact) mass is 359 g/mol. The maximum Gasteiger partial charge on any atom is 0.208 e. The quantitative estimate of drug-likeness (QED) is 0.331. The standard InChI is InChI=1S/C16H33N5O2S/c1-3-17-16(18-9-10-19-24(2,22)23)20-15-8-11-21(13-15)12-14-6-4-5-7-14/h14-15,19H,3-13H2,1-2H3,(H2,17,18,20). The highest BCUT2D eigenvalue weighted by Gasteiger charge is 2.26. The molecule has 24 heavy (non-hydrogen) atoms. The summed E-state index contributed by atoms with van der Waals surface area (Å²) in [6, 6.07) is 0.423. The summed E-state index contributed by atoms with van der Waals surface area (Å²) in [5, 5.41) is 6.73. The van der Waals surface area contributed by atoms with E-state index in [1.54, 1.807) is 0 Å². The van der Waals surface area contributed by atoms with Crippen molar-refractivity contribution in [1.82, 2.24) is 20.3 Å². The van der Waals surface area contributed by atoms with Crippen LogP contribution in [0.25, 0.3) is 0 Å². The molecule has 1 aliphatic heterocycles. The van der Waals surface area contributed by atoms with Crippen LogP contribution in [-0.2, 0) is 10.0 Å². The summed E-state index contributed by atoms with van der Waals surface area (Å²) in [4.78, 5) is 7.03. The lowest BCUT2D eigenvalue weighted by atomic mass is 10.1. The third-order valence-corrected chi connectivity index (χ3v) is 5.42. The molecule has 3 N–H and O–H groups in total. The Kier molecular flexibility index (Phi) is 7.77. The molecule has 1 heterocycles. The normalized spacial score (nSPS) is 23.8. The molecule has 0 amide bonds. The average molecular weight is 360 g/mol. The van der Waals surface area contributed by atoms with Gasteiger partial charge in [0.1, 0.15) is 0 Å². The van der Waals surface area contributed by atoms with Gasteiger partial charge in [0.2, 0.25) is 10.0 Å². The number of hydrogen-bond donors (Lipinski definition) is 3. The smallest absolute Gasteiger partial charge is 0.208 e.